The smallest absolute Gasteiger partial charge is 0.0579 e. The predicted molar refractivity (Wildman–Crippen MR) is 89.0 cm³/mol. The van der Waals surface area contributed by atoms with E-state index in [0.29, 0.717) is 19.3 Å². The Bertz CT molecular complexity index is 494. The maximum Gasteiger partial charge on any atom is 0.0579 e. The van der Waals surface area contributed by atoms with Crippen molar-refractivity contribution < 1.29 is 9.84 Å². The molecule has 1 aromatic rings. The van der Waals surface area contributed by atoms with E-state index in [4.69, 9.17) is 4.74 Å². The van der Waals surface area contributed by atoms with Crippen molar-refractivity contribution >= 4 is 0 Å². The molecule has 0 aromatic heterocycles. The van der Waals surface area contributed by atoms with Gasteiger partial charge < -0.3 is 9.84 Å². The Labute approximate surface area is 134 Å². The molecule has 122 valence electrons. The Kier molecular flexibility index (Phi) is 4.32. The normalized spacial score (nSPS) is 25.2. The Morgan fingerprint density at radius 2 is 1.91 bits per heavy atom. The second-order valence-corrected chi connectivity index (χ2v) is 8.15. The first-order valence-electron chi connectivity index (χ1n) is 8.47. The Balaban J connectivity index is 1.73. The van der Waals surface area contributed by atoms with E-state index in [1.54, 1.807) is 0 Å². The minimum absolute atomic E-state index is 0.0199. The molecule has 2 aliphatic rings. The van der Waals surface area contributed by atoms with Crippen molar-refractivity contribution in [2.75, 3.05) is 32.9 Å². The average Bonchev–Trinajstić information content (AvgIpc) is 2.90. The topological polar surface area (TPSA) is 32.7 Å². The maximum atomic E-state index is 9.67. The van der Waals surface area contributed by atoms with Gasteiger partial charge in [-0.2, -0.15) is 0 Å². The molecule has 0 unspecified atom stereocenters. The van der Waals surface area contributed by atoms with Crippen LogP contribution in [0.5, 0.6) is 0 Å². The highest BCUT2D eigenvalue weighted by molar-refractivity contribution is 5.29. The van der Waals surface area contributed by atoms with Crippen LogP contribution in [0.2, 0.25) is 0 Å². The molecule has 0 saturated carbocycles. The highest BCUT2D eigenvalue weighted by Crippen LogP contribution is 2.37. The second-order valence-electron chi connectivity index (χ2n) is 8.15. The quantitative estimate of drug-likeness (QED) is 0.927. The molecule has 0 amide bonds. The van der Waals surface area contributed by atoms with Crippen LogP contribution >= 0.6 is 0 Å². The summed E-state index contributed by atoms with van der Waals surface area (Å²) in [5.74, 6) is 0. The van der Waals surface area contributed by atoms with Crippen LogP contribution in [-0.4, -0.2) is 42.9 Å². The zero-order valence-electron chi connectivity index (χ0n) is 14.1. The number of nitrogens with zero attached hydrogens (tertiary/aromatic N) is 1. The predicted octanol–water partition coefficient (Wildman–Crippen LogP) is 3.13. The largest absolute Gasteiger partial charge is 0.396 e. The lowest BCUT2D eigenvalue weighted by molar-refractivity contribution is -0.149. The Hall–Kier alpha value is -0.900. The van der Waals surface area contributed by atoms with Gasteiger partial charge in [-0.1, -0.05) is 45.0 Å². The summed E-state index contributed by atoms with van der Waals surface area (Å²) >= 11 is 0. The molecule has 1 N–H and O–H groups in total. The van der Waals surface area contributed by atoms with Gasteiger partial charge in [0.1, 0.15) is 0 Å². The van der Waals surface area contributed by atoms with Crippen LogP contribution in [0.4, 0.5) is 0 Å². The van der Waals surface area contributed by atoms with Crippen molar-refractivity contribution in [3.63, 3.8) is 0 Å². The standard InChI is InChI=1S/C19H29NO2/c1-18(2,3)16-8-6-15(7-9-16)17-5-4-10-20(17)11-19(12-21)13-22-14-19/h6-9,17,21H,4-5,10-14H2,1-3H3/t17-/m0/s1. The molecule has 3 nitrogen and oxygen atoms in total. The van der Waals surface area contributed by atoms with Gasteiger partial charge in [-0.3, -0.25) is 4.90 Å². The maximum absolute atomic E-state index is 9.67. The minimum Gasteiger partial charge on any atom is -0.396 e. The number of rotatable bonds is 4. The van der Waals surface area contributed by atoms with E-state index in [1.807, 2.05) is 0 Å². The van der Waals surface area contributed by atoms with Gasteiger partial charge in [0.2, 0.25) is 0 Å². The molecule has 22 heavy (non-hydrogen) atoms. The third kappa shape index (κ3) is 3.08. The number of hydrogen-bond donors (Lipinski definition) is 1. The molecule has 2 heterocycles. The van der Waals surface area contributed by atoms with Crippen molar-refractivity contribution in [1.29, 1.82) is 0 Å². The second kappa shape index (κ2) is 5.95. The fourth-order valence-electron chi connectivity index (χ4n) is 3.65. The highest BCUT2D eigenvalue weighted by Gasteiger charge is 2.42. The van der Waals surface area contributed by atoms with E-state index in [9.17, 15) is 5.11 Å². The van der Waals surface area contributed by atoms with Crippen molar-refractivity contribution in [1.82, 2.24) is 4.90 Å². The number of aliphatic hydroxyl groups is 1. The van der Waals surface area contributed by atoms with Crippen molar-refractivity contribution in [3.8, 4) is 0 Å². The molecule has 2 aliphatic heterocycles. The van der Waals surface area contributed by atoms with Crippen LogP contribution < -0.4 is 0 Å². The molecule has 1 aromatic carbocycles. The molecular formula is C19H29NO2. The van der Waals surface area contributed by atoms with E-state index in [0.717, 1.165) is 13.1 Å². The average molecular weight is 303 g/mol. The highest BCUT2D eigenvalue weighted by atomic mass is 16.5. The number of benzene rings is 1. The van der Waals surface area contributed by atoms with Crippen LogP contribution in [0.3, 0.4) is 0 Å². The third-order valence-corrected chi connectivity index (χ3v) is 5.22. The van der Waals surface area contributed by atoms with Gasteiger partial charge in [-0.25, -0.2) is 0 Å². The fraction of sp³-hybridized carbons (Fsp3) is 0.684. The molecule has 0 radical (unpaired) electrons. The molecule has 0 bridgehead atoms. The molecule has 0 aliphatic carbocycles. The van der Waals surface area contributed by atoms with Crippen molar-refractivity contribution in [2.24, 2.45) is 5.41 Å². The number of hydrogen-bond acceptors (Lipinski definition) is 3. The lowest BCUT2D eigenvalue weighted by Gasteiger charge is -2.43. The van der Waals surface area contributed by atoms with Crippen LogP contribution in [0.15, 0.2) is 24.3 Å². The summed E-state index contributed by atoms with van der Waals surface area (Å²) in [6.45, 7) is 10.5. The Morgan fingerprint density at radius 3 is 2.41 bits per heavy atom. The first kappa shape index (κ1) is 16.0. The van der Waals surface area contributed by atoms with Gasteiger partial charge in [0.05, 0.1) is 25.2 Å². The summed E-state index contributed by atoms with van der Waals surface area (Å²) in [4.78, 5) is 2.55. The SMILES string of the molecule is CC(C)(C)c1ccc([C@@H]2CCCN2CC2(CO)COC2)cc1. The monoisotopic (exact) mass is 303 g/mol. The minimum atomic E-state index is -0.0199. The zero-order valence-corrected chi connectivity index (χ0v) is 14.1. The summed E-state index contributed by atoms with van der Waals surface area (Å²) in [5, 5.41) is 9.67. The van der Waals surface area contributed by atoms with Gasteiger partial charge >= 0.3 is 0 Å². The van der Waals surface area contributed by atoms with E-state index in [-0.39, 0.29) is 17.4 Å². The molecule has 2 saturated heterocycles. The van der Waals surface area contributed by atoms with Gasteiger partial charge in [-0.15, -0.1) is 0 Å². The van der Waals surface area contributed by atoms with E-state index < -0.39 is 0 Å². The number of ether oxygens (including phenoxy) is 1. The third-order valence-electron chi connectivity index (χ3n) is 5.22. The lowest BCUT2D eigenvalue weighted by Crippen LogP contribution is -2.53. The van der Waals surface area contributed by atoms with Gasteiger partial charge in [-0.05, 0) is 35.9 Å². The van der Waals surface area contributed by atoms with Crippen molar-refractivity contribution in [2.45, 2.75) is 45.1 Å². The Morgan fingerprint density at radius 1 is 1.23 bits per heavy atom. The lowest BCUT2D eigenvalue weighted by atomic mass is 9.85. The molecular weight excluding hydrogens is 274 g/mol. The van der Waals surface area contributed by atoms with E-state index in [2.05, 4.69) is 49.9 Å². The van der Waals surface area contributed by atoms with Crippen molar-refractivity contribution in [3.05, 3.63) is 35.4 Å². The zero-order chi connectivity index (χ0) is 15.8. The summed E-state index contributed by atoms with van der Waals surface area (Å²) in [7, 11) is 0. The number of aliphatic hydroxyl groups excluding tert-OH is 1. The van der Waals surface area contributed by atoms with Gasteiger partial charge in [0, 0.05) is 12.6 Å². The summed E-state index contributed by atoms with van der Waals surface area (Å²) < 4.78 is 5.35. The fourth-order valence-corrected chi connectivity index (χ4v) is 3.65. The first-order chi connectivity index (χ1) is 10.4. The van der Waals surface area contributed by atoms with Crippen LogP contribution in [0, 0.1) is 5.41 Å². The molecule has 3 rings (SSSR count). The van der Waals surface area contributed by atoms with Crippen LogP contribution in [0.25, 0.3) is 0 Å². The van der Waals surface area contributed by atoms with Gasteiger partial charge in [0.25, 0.3) is 0 Å². The molecule has 2 fully saturated rings. The molecule has 3 heteroatoms. The summed E-state index contributed by atoms with van der Waals surface area (Å²) in [6, 6.07) is 9.65. The summed E-state index contributed by atoms with van der Waals surface area (Å²) in [6.07, 6.45) is 2.46. The number of likely N-dealkylation sites (tertiary alicyclic amines) is 1. The molecule has 0 spiro atoms. The van der Waals surface area contributed by atoms with Crippen LogP contribution in [0.1, 0.15) is 50.8 Å². The van der Waals surface area contributed by atoms with E-state index in [1.165, 1.54) is 24.0 Å². The summed E-state index contributed by atoms with van der Waals surface area (Å²) in [5.41, 5.74) is 2.99. The van der Waals surface area contributed by atoms with E-state index >= 15 is 0 Å². The molecule has 1 atom stereocenters. The van der Waals surface area contributed by atoms with Crippen LogP contribution in [-0.2, 0) is 10.2 Å². The van der Waals surface area contributed by atoms with Gasteiger partial charge in [0.15, 0.2) is 0 Å². The first-order valence-corrected chi connectivity index (χ1v) is 8.47.